The van der Waals surface area contributed by atoms with Gasteiger partial charge in [0.25, 0.3) is 0 Å². The van der Waals surface area contributed by atoms with E-state index in [-0.39, 0.29) is 12.1 Å². The van der Waals surface area contributed by atoms with Gasteiger partial charge in [-0.1, -0.05) is 0 Å². The lowest BCUT2D eigenvalue weighted by Gasteiger charge is -2.30. The molecule has 1 aliphatic heterocycles. The number of nitrogens with one attached hydrogen (secondary N) is 1. The molecule has 90 valence electrons. The summed E-state index contributed by atoms with van der Waals surface area (Å²) in [6.45, 7) is 6.41. The molecule has 0 spiro atoms. The van der Waals surface area contributed by atoms with Gasteiger partial charge in [0.05, 0.1) is 25.9 Å². The lowest BCUT2D eigenvalue weighted by Crippen LogP contribution is -2.39. The van der Waals surface area contributed by atoms with Gasteiger partial charge >= 0.3 is 0 Å². The van der Waals surface area contributed by atoms with Crippen LogP contribution in [0, 0.1) is 13.8 Å². The van der Waals surface area contributed by atoms with Gasteiger partial charge in [-0.25, -0.2) is 0 Å². The van der Waals surface area contributed by atoms with Crippen LogP contribution in [0.25, 0.3) is 0 Å². The lowest BCUT2D eigenvalue weighted by atomic mass is 10.0. The summed E-state index contributed by atoms with van der Waals surface area (Å²) in [6.07, 6.45) is 0.131. The van der Waals surface area contributed by atoms with Crippen molar-refractivity contribution in [1.29, 1.82) is 0 Å². The fourth-order valence-corrected chi connectivity index (χ4v) is 3.17. The van der Waals surface area contributed by atoms with Crippen molar-refractivity contribution < 1.29 is 9.47 Å². The zero-order chi connectivity index (χ0) is 11.5. The molecule has 2 rings (SSSR count). The minimum absolute atomic E-state index is 0.131. The number of hydrogen-bond donors (Lipinski definition) is 1. The van der Waals surface area contributed by atoms with Gasteiger partial charge in [0.15, 0.2) is 0 Å². The first-order valence-electron chi connectivity index (χ1n) is 5.66. The van der Waals surface area contributed by atoms with Crippen molar-refractivity contribution in [2.75, 3.05) is 26.9 Å². The molecule has 1 aromatic heterocycles. The normalized spacial score (nSPS) is 23.3. The first-order valence-corrected chi connectivity index (χ1v) is 6.47. The Labute approximate surface area is 101 Å². The Morgan fingerprint density at radius 3 is 2.75 bits per heavy atom. The number of rotatable bonds is 3. The summed E-state index contributed by atoms with van der Waals surface area (Å²) < 4.78 is 11.2. The highest BCUT2D eigenvalue weighted by atomic mass is 32.1. The van der Waals surface area contributed by atoms with E-state index in [9.17, 15) is 0 Å². The molecule has 2 heterocycles. The highest BCUT2D eigenvalue weighted by molar-refractivity contribution is 7.12. The fraction of sp³-hybridized carbons (Fsp3) is 0.667. The second-order valence-electron chi connectivity index (χ2n) is 4.12. The van der Waals surface area contributed by atoms with E-state index >= 15 is 0 Å². The molecule has 1 aliphatic rings. The van der Waals surface area contributed by atoms with E-state index in [4.69, 9.17) is 9.47 Å². The third kappa shape index (κ3) is 2.46. The van der Waals surface area contributed by atoms with Gasteiger partial charge in [0, 0.05) is 9.75 Å². The predicted octanol–water partition coefficient (Wildman–Crippen LogP) is 2.04. The molecule has 1 aromatic rings. The molecule has 0 bridgehead atoms. The van der Waals surface area contributed by atoms with Crippen LogP contribution in [0.15, 0.2) is 6.07 Å². The number of likely N-dealkylation sites (N-methyl/N-ethyl adjacent to an activating group) is 1. The highest BCUT2D eigenvalue weighted by Gasteiger charge is 2.27. The van der Waals surface area contributed by atoms with Crippen LogP contribution in [0.3, 0.4) is 0 Å². The molecule has 2 atom stereocenters. The topological polar surface area (TPSA) is 30.5 Å². The highest BCUT2D eigenvalue weighted by Crippen LogP contribution is 2.29. The van der Waals surface area contributed by atoms with Crippen molar-refractivity contribution in [3.05, 3.63) is 21.4 Å². The number of thiophene rings is 1. The van der Waals surface area contributed by atoms with Gasteiger partial charge in [0.2, 0.25) is 0 Å². The van der Waals surface area contributed by atoms with E-state index in [2.05, 4.69) is 25.2 Å². The summed E-state index contributed by atoms with van der Waals surface area (Å²) in [5.41, 5.74) is 1.35. The zero-order valence-electron chi connectivity index (χ0n) is 10.1. The van der Waals surface area contributed by atoms with Gasteiger partial charge in [-0.15, -0.1) is 11.3 Å². The van der Waals surface area contributed by atoms with Crippen LogP contribution in [-0.2, 0) is 9.47 Å². The molecule has 0 amide bonds. The third-order valence-electron chi connectivity index (χ3n) is 2.94. The molecule has 0 aromatic carbocycles. The number of aryl methyl sites for hydroxylation is 2. The van der Waals surface area contributed by atoms with Crippen LogP contribution >= 0.6 is 11.3 Å². The van der Waals surface area contributed by atoms with Gasteiger partial charge < -0.3 is 14.8 Å². The Bertz CT molecular complexity index is 345. The summed E-state index contributed by atoms with van der Waals surface area (Å²) in [5, 5.41) is 3.34. The Balaban J connectivity index is 2.17. The maximum Gasteiger partial charge on any atom is 0.100 e. The van der Waals surface area contributed by atoms with E-state index in [1.807, 2.05) is 18.4 Å². The van der Waals surface area contributed by atoms with Crippen molar-refractivity contribution in [1.82, 2.24) is 5.32 Å². The third-order valence-corrected chi connectivity index (χ3v) is 3.92. The molecule has 0 radical (unpaired) electrons. The number of hydrogen-bond acceptors (Lipinski definition) is 4. The summed E-state index contributed by atoms with van der Waals surface area (Å²) in [4.78, 5) is 2.72. The quantitative estimate of drug-likeness (QED) is 0.878. The molecule has 16 heavy (non-hydrogen) atoms. The van der Waals surface area contributed by atoms with E-state index in [0.717, 1.165) is 0 Å². The average Bonchev–Trinajstić information content (AvgIpc) is 2.61. The van der Waals surface area contributed by atoms with Crippen molar-refractivity contribution in [3.8, 4) is 0 Å². The summed E-state index contributed by atoms with van der Waals surface area (Å²) in [6, 6.07) is 2.49. The molecule has 3 nitrogen and oxygen atoms in total. The summed E-state index contributed by atoms with van der Waals surface area (Å²) in [7, 11) is 1.98. The SMILES string of the molecule is CNC(c1cc(C)sc1C)C1COCCO1. The van der Waals surface area contributed by atoms with E-state index < -0.39 is 0 Å². The molecular formula is C12H19NO2S. The van der Waals surface area contributed by atoms with Crippen molar-refractivity contribution >= 4 is 11.3 Å². The Kier molecular flexibility index (Phi) is 3.97. The standard InChI is InChI=1S/C12H19NO2S/c1-8-6-10(9(2)16-8)12(13-3)11-7-14-4-5-15-11/h6,11-13H,4-5,7H2,1-3H3. The van der Waals surface area contributed by atoms with Crippen molar-refractivity contribution in [2.24, 2.45) is 0 Å². The lowest BCUT2D eigenvalue weighted by molar-refractivity contribution is -0.101. The van der Waals surface area contributed by atoms with E-state index in [1.54, 1.807) is 0 Å². The van der Waals surface area contributed by atoms with Crippen molar-refractivity contribution in [3.63, 3.8) is 0 Å². The molecule has 2 unspecified atom stereocenters. The van der Waals surface area contributed by atoms with Crippen LogP contribution in [0.2, 0.25) is 0 Å². The van der Waals surface area contributed by atoms with Crippen LogP contribution in [0.4, 0.5) is 0 Å². The summed E-state index contributed by atoms with van der Waals surface area (Å²) >= 11 is 1.84. The molecule has 0 aliphatic carbocycles. The largest absolute Gasteiger partial charge is 0.376 e. The van der Waals surface area contributed by atoms with Gasteiger partial charge in [-0.3, -0.25) is 0 Å². The zero-order valence-corrected chi connectivity index (χ0v) is 10.9. The van der Waals surface area contributed by atoms with Crippen molar-refractivity contribution in [2.45, 2.75) is 26.0 Å². The maximum atomic E-state index is 5.77. The average molecular weight is 241 g/mol. The first kappa shape index (κ1) is 12.0. The Morgan fingerprint density at radius 2 is 2.25 bits per heavy atom. The molecule has 1 fully saturated rings. The van der Waals surface area contributed by atoms with Gasteiger partial charge in [-0.2, -0.15) is 0 Å². The van der Waals surface area contributed by atoms with E-state index in [0.29, 0.717) is 19.8 Å². The van der Waals surface area contributed by atoms with Gasteiger partial charge in [-0.05, 0) is 32.5 Å². The van der Waals surface area contributed by atoms with E-state index in [1.165, 1.54) is 15.3 Å². The molecule has 4 heteroatoms. The van der Waals surface area contributed by atoms with Crippen LogP contribution in [-0.4, -0.2) is 33.0 Å². The smallest absolute Gasteiger partial charge is 0.100 e. The molecule has 1 saturated heterocycles. The second kappa shape index (κ2) is 5.27. The Hall–Kier alpha value is -0.420. The minimum Gasteiger partial charge on any atom is -0.376 e. The predicted molar refractivity (Wildman–Crippen MR) is 66.2 cm³/mol. The second-order valence-corrected chi connectivity index (χ2v) is 5.58. The molecule has 0 saturated carbocycles. The van der Waals surface area contributed by atoms with Crippen LogP contribution in [0.5, 0.6) is 0 Å². The monoisotopic (exact) mass is 241 g/mol. The van der Waals surface area contributed by atoms with Crippen LogP contribution in [0.1, 0.15) is 21.4 Å². The number of ether oxygens (including phenoxy) is 2. The Morgan fingerprint density at radius 1 is 1.44 bits per heavy atom. The van der Waals surface area contributed by atoms with Gasteiger partial charge in [0.1, 0.15) is 6.10 Å². The minimum atomic E-state index is 0.131. The molecule has 1 N–H and O–H groups in total. The first-order chi connectivity index (χ1) is 7.72. The van der Waals surface area contributed by atoms with Crippen LogP contribution < -0.4 is 5.32 Å². The maximum absolute atomic E-state index is 5.77. The molecular weight excluding hydrogens is 222 g/mol. The summed E-state index contributed by atoms with van der Waals surface area (Å²) in [5.74, 6) is 0. The fourth-order valence-electron chi connectivity index (χ4n) is 2.20.